The number of guanidine groups is 1. The summed E-state index contributed by atoms with van der Waals surface area (Å²) in [6.07, 6.45) is 0. The molecule has 0 unspecified atom stereocenters. The summed E-state index contributed by atoms with van der Waals surface area (Å²) < 4.78 is 0. The highest BCUT2D eigenvalue weighted by Crippen LogP contribution is 2.22. The SMILES string of the molecule is N/C1=N/Oc2nc3nc(n2)ON1O3. The molecule has 4 rings (SSSR count). The Morgan fingerprint density at radius 2 is 1.62 bits per heavy atom. The van der Waals surface area contributed by atoms with Crippen molar-refractivity contribution >= 4 is 5.96 Å². The summed E-state index contributed by atoms with van der Waals surface area (Å²) in [7, 11) is 0. The van der Waals surface area contributed by atoms with E-state index in [0.717, 1.165) is 5.23 Å². The maximum atomic E-state index is 5.37. The number of hydrogen-bond donors (Lipinski definition) is 1. The predicted octanol–water partition coefficient (Wildman–Crippen LogP) is -1.60. The van der Waals surface area contributed by atoms with Gasteiger partial charge in [-0.05, 0) is 5.16 Å². The minimum absolute atomic E-state index is 0.0256. The van der Waals surface area contributed by atoms with E-state index in [1.807, 2.05) is 0 Å². The highest BCUT2D eigenvalue weighted by Gasteiger charge is 2.28. The van der Waals surface area contributed by atoms with Gasteiger partial charge in [-0.1, -0.05) is 0 Å². The lowest BCUT2D eigenvalue weighted by atomic mass is 10.9. The second-order valence-electron chi connectivity index (χ2n) is 2.16. The Bertz CT molecular complexity index is 381. The van der Waals surface area contributed by atoms with Crippen LogP contribution in [0.1, 0.15) is 0 Å². The van der Waals surface area contributed by atoms with E-state index in [-0.39, 0.29) is 24.0 Å². The molecular weight excluding hydrogens is 180 g/mol. The Hall–Kier alpha value is -2.32. The molecule has 9 nitrogen and oxygen atoms in total. The zero-order valence-electron chi connectivity index (χ0n) is 6.04. The molecule has 0 saturated carbocycles. The van der Waals surface area contributed by atoms with Gasteiger partial charge in [0.1, 0.15) is 0 Å². The van der Waals surface area contributed by atoms with Gasteiger partial charge in [-0.2, -0.15) is 0 Å². The Labute approximate surface area is 70.6 Å². The summed E-state index contributed by atoms with van der Waals surface area (Å²) >= 11 is 0. The number of rotatable bonds is 0. The second-order valence-corrected chi connectivity index (χ2v) is 2.16. The van der Waals surface area contributed by atoms with Gasteiger partial charge in [0, 0.05) is 5.23 Å². The van der Waals surface area contributed by atoms with Crippen molar-refractivity contribution in [3.05, 3.63) is 0 Å². The van der Waals surface area contributed by atoms with E-state index in [2.05, 4.69) is 20.1 Å². The molecule has 1 aromatic heterocycles. The van der Waals surface area contributed by atoms with E-state index in [0.29, 0.717) is 0 Å². The monoisotopic (exact) mass is 182 g/mol. The predicted molar refractivity (Wildman–Crippen MR) is 35.2 cm³/mol. The minimum atomic E-state index is -0.104. The van der Waals surface area contributed by atoms with E-state index in [4.69, 9.17) is 20.2 Å². The first-order chi connectivity index (χ1) is 6.31. The van der Waals surface area contributed by atoms with Crippen LogP contribution >= 0.6 is 0 Å². The Kier molecular flexibility index (Phi) is 0.902. The first-order valence-electron chi connectivity index (χ1n) is 3.24. The van der Waals surface area contributed by atoms with Crippen molar-refractivity contribution in [1.29, 1.82) is 0 Å². The smallest absolute Gasteiger partial charge is 0.356 e. The zero-order valence-corrected chi connectivity index (χ0v) is 6.04. The molecule has 4 bridgehead atoms. The summed E-state index contributed by atoms with van der Waals surface area (Å²) in [5.74, 6) is -0.104. The van der Waals surface area contributed by atoms with E-state index >= 15 is 0 Å². The minimum Gasteiger partial charge on any atom is -0.361 e. The molecule has 4 heterocycles. The van der Waals surface area contributed by atoms with Crippen molar-refractivity contribution < 1.29 is 14.5 Å². The van der Waals surface area contributed by atoms with Crippen LogP contribution in [0.15, 0.2) is 5.16 Å². The highest BCUT2D eigenvalue weighted by atomic mass is 17.0. The van der Waals surface area contributed by atoms with Crippen molar-refractivity contribution in [2.24, 2.45) is 10.9 Å². The van der Waals surface area contributed by atoms with Crippen LogP contribution in [-0.2, 0) is 0 Å². The van der Waals surface area contributed by atoms with Crippen LogP contribution in [0.4, 0.5) is 0 Å². The number of oxime groups is 1. The van der Waals surface area contributed by atoms with Crippen molar-refractivity contribution in [1.82, 2.24) is 20.2 Å². The molecule has 0 saturated heterocycles. The molecule has 0 aliphatic carbocycles. The third kappa shape index (κ3) is 0.802. The first-order valence-corrected chi connectivity index (χ1v) is 3.24. The number of aromatic nitrogens is 3. The van der Waals surface area contributed by atoms with Crippen molar-refractivity contribution in [3.8, 4) is 18.0 Å². The van der Waals surface area contributed by atoms with E-state index in [1.165, 1.54) is 0 Å². The van der Waals surface area contributed by atoms with Crippen molar-refractivity contribution in [3.63, 3.8) is 0 Å². The van der Waals surface area contributed by atoms with Gasteiger partial charge in [-0.15, -0.1) is 15.0 Å². The van der Waals surface area contributed by atoms with Crippen LogP contribution in [0.2, 0.25) is 0 Å². The topological polar surface area (TPSA) is 108 Å². The summed E-state index contributed by atoms with van der Waals surface area (Å²) in [5.41, 5.74) is 5.37. The molecule has 13 heavy (non-hydrogen) atoms. The summed E-state index contributed by atoms with van der Waals surface area (Å²) in [6, 6.07) is 0.0653. The largest absolute Gasteiger partial charge is 0.361 e. The van der Waals surface area contributed by atoms with Gasteiger partial charge in [0.25, 0.3) is 0 Å². The summed E-state index contributed by atoms with van der Waals surface area (Å²) in [4.78, 5) is 25.6. The molecule has 1 aromatic rings. The Morgan fingerprint density at radius 1 is 1.00 bits per heavy atom. The summed E-state index contributed by atoms with van der Waals surface area (Å²) in [5, 5.41) is 4.21. The number of fused-ring (bicyclic) bond motifs is 1. The normalized spacial score (nSPS) is 20.6. The van der Waals surface area contributed by atoms with Crippen molar-refractivity contribution in [2.45, 2.75) is 0 Å². The van der Waals surface area contributed by atoms with Crippen LogP contribution in [0.3, 0.4) is 0 Å². The zero-order chi connectivity index (χ0) is 8.84. The first kappa shape index (κ1) is 6.22. The summed E-state index contributed by atoms with van der Waals surface area (Å²) in [6.45, 7) is 0. The number of nitrogens with two attached hydrogens (primary N) is 1. The lowest BCUT2D eigenvalue weighted by Crippen LogP contribution is -2.46. The molecular formula is C4H2N6O3. The molecule has 0 spiro atoms. The van der Waals surface area contributed by atoms with E-state index in [1.54, 1.807) is 0 Å². The lowest BCUT2D eigenvalue weighted by molar-refractivity contribution is -0.221. The molecule has 0 radical (unpaired) electrons. The van der Waals surface area contributed by atoms with Gasteiger partial charge in [0.2, 0.25) is 0 Å². The number of hydrogen-bond acceptors (Lipinski definition) is 9. The highest BCUT2D eigenvalue weighted by molar-refractivity contribution is 5.76. The van der Waals surface area contributed by atoms with Gasteiger partial charge >= 0.3 is 24.0 Å². The quantitative estimate of drug-likeness (QED) is 0.510. The molecule has 0 amide bonds. The fraction of sp³-hybridized carbons (Fsp3) is 0. The van der Waals surface area contributed by atoms with Crippen LogP contribution in [0.5, 0.6) is 18.0 Å². The standard InChI is InChI=1S/C4H2N6O3/c5-1-9-11-2-6-3-8-4(7-2)13-10(1)12-3/h(H2,5,9). The van der Waals surface area contributed by atoms with Crippen LogP contribution in [0, 0.1) is 0 Å². The van der Waals surface area contributed by atoms with Gasteiger partial charge < -0.3 is 10.6 Å². The molecule has 9 heteroatoms. The number of hydroxylamine groups is 2. The fourth-order valence-corrected chi connectivity index (χ4v) is 0.824. The number of nitrogens with zero attached hydrogens (tertiary/aromatic N) is 5. The van der Waals surface area contributed by atoms with Gasteiger partial charge in [-0.25, -0.2) is 0 Å². The average molecular weight is 182 g/mol. The third-order valence-electron chi connectivity index (χ3n) is 1.31. The molecule has 3 aliphatic rings. The van der Waals surface area contributed by atoms with Crippen molar-refractivity contribution in [2.75, 3.05) is 0 Å². The molecule has 3 aliphatic heterocycles. The molecule has 0 atom stereocenters. The maximum absolute atomic E-state index is 5.37. The maximum Gasteiger partial charge on any atom is 0.356 e. The lowest BCUT2D eigenvalue weighted by Gasteiger charge is -2.24. The van der Waals surface area contributed by atoms with Gasteiger partial charge in [-0.3, -0.25) is 9.68 Å². The molecule has 66 valence electrons. The molecule has 2 N–H and O–H groups in total. The Morgan fingerprint density at radius 3 is 2.31 bits per heavy atom. The Balaban J connectivity index is 2.21. The van der Waals surface area contributed by atoms with Crippen LogP contribution in [0.25, 0.3) is 0 Å². The fourth-order valence-electron chi connectivity index (χ4n) is 0.824. The third-order valence-corrected chi connectivity index (χ3v) is 1.31. The molecule has 0 aromatic carbocycles. The molecule has 0 fully saturated rings. The average Bonchev–Trinajstić information content (AvgIpc) is 2.11. The van der Waals surface area contributed by atoms with Crippen LogP contribution in [-0.4, -0.2) is 26.1 Å². The van der Waals surface area contributed by atoms with E-state index < -0.39 is 0 Å². The van der Waals surface area contributed by atoms with E-state index in [9.17, 15) is 0 Å². The van der Waals surface area contributed by atoms with Crippen LogP contribution < -0.4 is 20.2 Å². The van der Waals surface area contributed by atoms with Gasteiger partial charge in [0.05, 0.1) is 0 Å². The second kappa shape index (κ2) is 1.88. The van der Waals surface area contributed by atoms with Gasteiger partial charge in [0.15, 0.2) is 0 Å².